The Morgan fingerprint density at radius 1 is 0.867 bits per heavy atom. The topological polar surface area (TPSA) is 67.4 Å². The van der Waals surface area contributed by atoms with E-state index < -0.39 is 5.97 Å². The Morgan fingerprint density at radius 3 is 2.23 bits per heavy atom. The Labute approximate surface area is 177 Å². The third-order valence-electron chi connectivity index (χ3n) is 4.65. The van der Waals surface area contributed by atoms with Gasteiger partial charge in [-0.25, -0.2) is 4.79 Å². The molecule has 5 nitrogen and oxygen atoms in total. The molecule has 1 atom stereocenters. The number of para-hydroxylation sites is 2. The summed E-state index contributed by atoms with van der Waals surface area (Å²) in [6.07, 6.45) is 1.69. The first-order valence-corrected chi connectivity index (χ1v) is 10.0. The molecule has 0 bridgehead atoms. The van der Waals surface area contributed by atoms with Crippen LogP contribution < -0.4 is 10.6 Å². The van der Waals surface area contributed by atoms with Crippen LogP contribution in [0.1, 0.15) is 29.3 Å². The number of benzene rings is 3. The maximum Gasteiger partial charge on any atom is 0.340 e. The van der Waals surface area contributed by atoms with Crippen LogP contribution in [0.4, 0.5) is 11.4 Å². The number of aryl methyl sites for hydroxylation is 1. The lowest BCUT2D eigenvalue weighted by Gasteiger charge is -2.15. The summed E-state index contributed by atoms with van der Waals surface area (Å²) in [6, 6.07) is 26.7. The van der Waals surface area contributed by atoms with E-state index in [1.54, 1.807) is 18.2 Å². The number of nitrogens with one attached hydrogen (secondary N) is 2. The van der Waals surface area contributed by atoms with Gasteiger partial charge in [0.25, 0.3) is 5.91 Å². The van der Waals surface area contributed by atoms with Gasteiger partial charge < -0.3 is 15.4 Å². The molecule has 0 aromatic heterocycles. The van der Waals surface area contributed by atoms with Crippen molar-refractivity contribution in [3.05, 3.63) is 96.1 Å². The van der Waals surface area contributed by atoms with Crippen LogP contribution in [0.2, 0.25) is 0 Å². The van der Waals surface area contributed by atoms with Gasteiger partial charge >= 0.3 is 5.97 Å². The lowest BCUT2D eigenvalue weighted by Crippen LogP contribution is -2.36. The van der Waals surface area contributed by atoms with Gasteiger partial charge in [-0.1, -0.05) is 60.7 Å². The van der Waals surface area contributed by atoms with E-state index in [0.717, 1.165) is 18.5 Å². The molecule has 0 aliphatic carbocycles. The summed E-state index contributed by atoms with van der Waals surface area (Å²) in [5, 5.41) is 6.08. The molecule has 0 unspecified atom stereocenters. The minimum Gasteiger partial charge on any atom is -0.452 e. The molecule has 3 aromatic rings. The average molecular weight is 402 g/mol. The van der Waals surface area contributed by atoms with Gasteiger partial charge in [0.1, 0.15) is 0 Å². The molecule has 1 amide bonds. The van der Waals surface area contributed by atoms with Gasteiger partial charge in [-0.05, 0) is 49.6 Å². The van der Waals surface area contributed by atoms with Gasteiger partial charge in [0.05, 0.1) is 11.3 Å². The Kier molecular flexibility index (Phi) is 7.61. The largest absolute Gasteiger partial charge is 0.452 e. The van der Waals surface area contributed by atoms with Gasteiger partial charge in [0, 0.05) is 11.7 Å². The van der Waals surface area contributed by atoms with Crippen LogP contribution in [-0.2, 0) is 16.0 Å². The maximum atomic E-state index is 12.5. The SMILES string of the molecule is C[C@H](CCc1ccccc1)NC(=O)COC(=O)c1ccccc1Nc1ccccc1. The number of amides is 1. The van der Waals surface area contributed by atoms with Gasteiger partial charge in [-0.15, -0.1) is 0 Å². The molecule has 154 valence electrons. The highest BCUT2D eigenvalue weighted by atomic mass is 16.5. The smallest absolute Gasteiger partial charge is 0.340 e. The molecule has 30 heavy (non-hydrogen) atoms. The molecule has 5 heteroatoms. The summed E-state index contributed by atoms with van der Waals surface area (Å²) >= 11 is 0. The molecule has 0 heterocycles. The Morgan fingerprint density at radius 2 is 1.50 bits per heavy atom. The number of hydrogen-bond acceptors (Lipinski definition) is 4. The summed E-state index contributed by atoms with van der Waals surface area (Å²) in [7, 11) is 0. The van der Waals surface area contributed by atoms with Crippen LogP contribution in [0.3, 0.4) is 0 Å². The van der Waals surface area contributed by atoms with Gasteiger partial charge in [-0.3, -0.25) is 4.79 Å². The van der Waals surface area contributed by atoms with Crippen LogP contribution in [0.15, 0.2) is 84.9 Å². The molecule has 0 aliphatic heterocycles. The van der Waals surface area contributed by atoms with Crippen LogP contribution in [0, 0.1) is 0 Å². The molecule has 3 rings (SSSR count). The Hall–Kier alpha value is -3.60. The highest BCUT2D eigenvalue weighted by molar-refractivity contribution is 5.97. The fraction of sp³-hybridized carbons (Fsp3) is 0.200. The normalized spacial score (nSPS) is 11.4. The third kappa shape index (κ3) is 6.48. The van der Waals surface area contributed by atoms with Crippen LogP contribution in [0.25, 0.3) is 0 Å². The number of rotatable bonds is 9. The number of esters is 1. The maximum absolute atomic E-state index is 12.5. The molecule has 0 radical (unpaired) electrons. The second-order valence-corrected chi connectivity index (χ2v) is 7.11. The number of hydrogen-bond donors (Lipinski definition) is 2. The molecular weight excluding hydrogens is 376 g/mol. The first-order valence-electron chi connectivity index (χ1n) is 10.0. The van der Waals surface area contributed by atoms with E-state index in [4.69, 9.17) is 4.74 Å². The van der Waals surface area contributed by atoms with Crippen LogP contribution >= 0.6 is 0 Å². The molecule has 0 fully saturated rings. The van der Waals surface area contributed by atoms with E-state index in [2.05, 4.69) is 22.8 Å². The molecule has 2 N–H and O–H groups in total. The first kappa shape index (κ1) is 21.1. The standard InChI is InChI=1S/C25H26N2O3/c1-19(16-17-20-10-4-2-5-11-20)26-24(28)18-30-25(29)22-14-8-9-15-23(22)27-21-12-6-3-7-13-21/h2-15,19,27H,16-18H2,1H3,(H,26,28)/t19-/m1/s1. The van der Waals surface area contributed by atoms with Gasteiger partial charge in [0.15, 0.2) is 6.61 Å². The van der Waals surface area contributed by atoms with Crippen molar-refractivity contribution in [1.29, 1.82) is 0 Å². The number of carbonyl (C=O) groups excluding carboxylic acids is 2. The van der Waals surface area contributed by atoms with Crippen LogP contribution in [0.5, 0.6) is 0 Å². The summed E-state index contributed by atoms with van der Waals surface area (Å²) in [5.41, 5.74) is 3.10. The third-order valence-corrected chi connectivity index (χ3v) is 4.65. The monoisotopic (exact) mass is 402 g/mol. The van der Waals surface area contributed by atoms with Crippen molar-refractivity contribution < 1.29 is 14.3 Å². The fourth-order valence-electron chi connectivity index (χ4n) is 3.07. The zero-order valence-corrected chi connectivity index (χ0v) is 17.0. The van der Waals surface area contributed by atoms with E-state index in [9.17, 15) is 9.59 Å². The van der Waals surface area contributed by atoms with Crippen molar-refractivity contribution in [2.24, 2.45) is 0 Å². The van der Waals surface area contributed by atoms with Gasteiger partial charge in [-0.2, -0.15) is 0 Å². The average Bonchev–Trinajstić information content (AvgIpc) is 2.78. The van der Waals surface area contributed by atoms with E-state index in [-0.39, 0.29) is 18.6 Å². The fourth-order valence-corrected chi connectivity index (χ4v) is 3.07. The van der Waals surface area contributed by atoms with Crippen molar-refractivity contribution in [3.63, 3.8) is 0 Å². The van der Waals surface area contributed by atoms with Crippen molar-refractivity contribution in [3.8, 4) is 0 Å². The van der Waals surface area contributed by atoms with Crippen molar-refractivity contribution in [2.75, 3.05) is 11.9 Å². The highest BCUT2D eigenvalue weighted by Crippen LogP contribution is 2.21. The summed E-state index contributed by atoms with van der Waals surface area (Å²) < 4.78 is 5.24. The van der Waals surface area contributed by atoms with Crippen molar-refractivity contribution in [1.82, 2.24) is 5.32 Å². The van der Waals surface area contributed by atoms with Crippen LogP contribution in [-0.4, -0.2) is 24.5 Å². The van der Waals surface area contributed by atoms with Crippen molar-refractivity contribution >= 4 is 23.3 Å². The quantitative estimate of drug-likeness (QED) is 0.508. The zero-order chi connectivity index (χ0) is 21.2. The predicted octanol–water partition coefficient (Wildman–Crippen LogP) is 4.72. The predicted molar refractivity (Wildman–Crippen MR) is 119 cm³/mol. The number of ether oxygens (including phenoxy) is 1. The minimum atomic E-state index is -0.541. The van der Waals surface area contributed by atoms with Gasteiger partial charge in [0.2, 0.25) is 0 Å². The Bertz CT molecular complexity index is 958. The summed E-state index contributed by atoms with van der Waals surface area (Å²) in [4.78, 5) is 24.7. The second-order valence-electron chi connectivity index (χ2n) is 7.11. The molecule has 0 saturated carbocycles. The Balaban J connectivity index is 1.48. The second kappa shape index (κ2) is 10.8. The lowest BCUT2D eigenvalue weighted by molar-refractivity contribution is -0.124. The highest BCUT2D eigenvalue weighted by Gasteiger charge is 2.15. The molecule has 0 aliphatic rings. The summed E-state index contributed by atoms with van der Waals surface area (Å²) in [6.45, 7) is 1.63. The number of carbonyl (C=O) groups is 2. The first-order chi connectivity index (χ1) is 14.6. The van der Waals surface area contributed by atoms with E-state index >= 15 is 0 Å². The minimum absolute atomic E-state index is 0.0107. The molecular formula is C25H26N2O3. The summed E-state index contributed by atoms with van der Waals surface area (Å²) in [5.74, 6) is -0.849. The number of anilines is 2. The molecule has 3 aromatic carbocycles. The molecule has 0 spiro atoms. The van der Waals surface area contributed by atoms with E-state index in [1.807, 2.05) is 61.5 Å². The molecule has 0 saturated heterocycles. The van der Waals surface area contributed by atoms with Crippen molar-refractivity contribution in [2.45, 2.75) is 25.8 Å². The van der Waals surface area contributed by atoms with E-state index in [1.165, 1.54) is 5.56 Å². The van der Waals surface area contributed by atoms with E-state index in [0.29, 0.717) is 11.3 Å². The lowest BCUT2D eigenvalue weighted by atomic mass is 10.1. The zero-order valence-electron chi connectivity index (χ0n) is 17.0.